The minimum atomic E-state index is -1.14. The van der Waals surface area contributed by atoms with E-state index in [0.29, 0.717) is 10.6 Å². The number of carbonyl (C=O) groups is 3. The van der Waals surface area contributed by atoms with E-state index in [1.165, 1.54) is 18.4 Å². The molecule has 2 bridgehead atoms. The van der Waals surface area contributed by atoms with Gasteiger partial charge in [-0.15, -0.1) is 11.3 Å². The Morgan fingerprint density at radius 1 is 1.28 bits per heavy atom. The van der Waals surface area contributed by atoms with E-state index in [1.807, 2.05) is 6.92 Å². The zero-order valence-electron chi connectivity index (χ0n) is 14.4. The fourth-order valence-electron chi connectivity index (χ4n) is 4.37. The molecule has 25 heavy (non-hydrogen) atoms. The molecule has 136 valence electrons. The number of amides is 1. The highest BCUT2D eigenvalue weighted by Crippen LogP contribution is 2.52. The van der Waals surface area contributed by atoms with Crippen LogP contribution in [0.3, 0.4) is 0 Å². The molecule has 7 heteroatoms. The average molecular weight is 364 g/mol. The van der Waals surface area contributed by atoms with E-state index in [-0.39, 0.29) is 17.7 Å². The third kappa shape index (κ3) is 3.29. The lowest BCUT2D eigenvalue weighted by Gasteiger charge is -2.30. The van der Waals surface area contributed by atoms with Gasteiger partial charge >= 0.3 is 5.97 Å². The van der Waals surface area contributed by atoms with E-state index in [1.54, 1.807) is 6.07 Å². The number of nitrogens with one attached hydrogen (secondary N) is 1. The minimum Gasteiger partial charge on any atom is -0.550 e. The first kappa shape index (κ1) is 17.9. The molecule has 1 N–H and O–H groups in total. The van der Waals surface area contributed by atoms with Crippen LogP contribution < -0.4 is 10.4 Å². The minimum absolute atomic E-state index is 0.0322. The molecule has 0 saturated heterocycles. The summed E-state index contributed by atoms with van der Waals surface area (Å²) in [4.78, 5) is 37.3. The number of rotatable bonds is 6. The van der Waals surface area contributed by atoms with Gasteiger partial charge in [0.2, 0.25) is 5.91 Å². The van der Waals surface area contributed by atoms with Gasteiger partial charge in [0.1, 0.15) is 5.00 Å². The van der Waals surface area contributed by atoms with Gasteiger partial charge in [0.05, 0.1) is 12.7 Å². The summed E-state index contributed by atoms with van der Waals surface area (Å²) in [5, 5.41) is 14.8. The van der Waals surface area contributed by atoms with E-state index in [9.17, 15) is 19.5 Å². The molecule has 2 aliphatic rings. The van der Waals surface area contributed by atoms with Gasteiger partial charge in [-0.25, -0.2) is 4.79 Å². The number of hydrogen-bond acceptors (Lipinski definition) is 6. The van der Waals surface area contributed by atoms with E-state index >= 15 is 0 Å². The summed E-state index contributed by atoms with van der Waals surface area (Å²) in [6.45, 7) is 2.04. The Bertz CT molecular complexity index is 698. The van der Waals surface area contributed by atoms with Crippen LogP contribution in [0.1, 0.15) is 47.8 Å². The summed E-state index contributed by atoms with van der Waals surface area (Å²) in [6, 6.07) is 1.74. The molecular weight excluding hydrogens is 342 g/mol. The van der Waals surface area contributed by atoms with Crippen molar-refractivity contribution in [3.05, 3.63) is 16.5 Å². The van der Waals surface area contributed by atoms with Gasteiger partial charge in [0.25, 0.3) is 0 Å². The molecule has 4 atom stereocenters. The van der Waals surface area contributed by atoms with Crippen LogP contribution in [0.2, 0.25) is 0 Å². The predicted molar refractivity (Wildman–Crippen MR) is 91.1 cm³/mol. The fourth-order valence-corrected chi connectivity index (χ4v) is 5.52. The SMILES string of the molecule is CCCc1cc(C(=O)OC)c(NC(=O)[C@@H]2[C@@H]3CC[C@H](C3)[C@@H]2C(=O)[O-])s1. The average Bonchev–Trinajstić information content (AvgIpc) is 3.28. The standard InChI is InChI=1S/C18H23NO5S/c1-3-4-11-8-12(18(23)24-2)16(25-11)19-15(20)13-9-5-6-10(7-9)14(13)17(21)22/h8-10,13-14H,3-7H2,1-2H3,(H,19,20)(H,21,22)/p-1/t9-,10-,13-,14+/m1/s1. The summed E-state index contributed by atoms with van der Waals surface area (Å²) < 4.78 is 4.80. The molecule has 2 aliphatic carbocycles. The number of anilines is 1. The molecule has 3 rings (SSSR count). The fraction of sp³-hybridized carbons (Fsp3) is 0.611. The maximum absolute atomic E-state index is 12.8. The van der Waals surface area contributed by atoms with E-state index < -0.39 is 23.8 Å². The van der Waals surface area contributed by atoms with Crippen molar-refractivity contribution in [3.63, 3.8) is 0 Å². The Kier molecular flexibility index (Phi) is 5.13. The molecule has 0 spiro atoms. The van der Waals surface area contributed by atoms with E-state index in [2.05, 4.69) is 5.32 Å². The quantitative estimate of drug-likeness (QED) is 0.777. The summed E-state index contributed by atoms with van der Waals surface area (Å²) in [5.41, 5.74) is 0.331. The van der Waals surface area contributed by atoms with Crippen molar-refractivity contribution in [2.45, 2.75) is 39.0 Å². The summed E-state index contributed by atoms with van der Waals surface area (Å²) >= 11 is 1.35. The normalized spacial score (nSPS) is 27.3. The first-order valence-electron chi connectivity index (χ1n) is 8.69. The van der Waals surface area contributed by atoms with Crippen molar-refractivity contribution in [1.82, 2.24) is 0 Å². The monoisotopic (exact) mass is 364 g/mol. The molecule has 0 aromatic carbocycles. The molecule has 2 fully saturated rings. The van der Waals surface area contributed by atoms with Gasteiger partial charge in [-0.3, -0.25) is 4.79 Å². The van der Waals surface area contributed by atoms with Crippen LogP contribution in [0.4, 0.5) is 5.00 Å². The van der Waals surface area contributed by atoms with Gasteiger partial charge in [0.15, 0.2) is 0 Å². The lowest BCUT2D eigenvalue weighted by atomic mass is 9.79. The van der Waals surface area contributed by atoms with Gasteiger partial charge < -0.3 is 20.0 Å². The Morgan fingerprint density at radius 2 is 1.96 bits per heavy atom. The van der Waals surface area contributed by atoms with Crippen molar-refractivity contribution in [2.75, 3.05) is 12.4 Å². The molecule has 2 saturated carbocycles. The van der Waals surface area contributed by atoms with Crippen LogP contribution in [0, 0.1) is 23.7 Å². The number of esters is 1. The molecule has 0 radical (unpaired) electrons. The molecule has 6 nitrogen and oxygen atoms in total. The Hall–Kier alpha value is -1.89. The number of hydrogen-bond donors (Lipinski definition) is 1. The molecular formula is C18H22NO5S-. The second kappa shape index (κ2) is 7.15. The number of carbonyl (C=O) groups excluding carboxylic acids is 3. The highest BCUT2D eigenvalue weighted by atomic mass is 32.1. The second-order valence-electron chi connectivity index (χ2n) is 6.89. The summed E-state index contributed by atoms with van der Waals surface area (Å²) in [7, 11) is 1.30. The summed E-state index contributed by atoms with van der Waals surface area (Å²) in [6.07, 6.45) is 4.22. The van der Waals surface area contributed by atoms with E-state index in [0.717, 1.165) is 37.0 Å². The van der Waals surface area contributed by atoms with Gasteiger partial charge in [0, 0.05) is 22.7 Å². The third-order valence-electron chi connectivity index (χ3n) is 5.41. The maximum atomic E-state index is 12.8. The van der Waals surface area contributed by atoms with Crippen LogP contribution in [-0.2, 0) is 20.7 Å². The Labute approximate surface area is 150 Å². The first-order valence-corrected chi connectivity index (χ1v) is 9.50. The van der Waals surface area contributed by atoms with Crippen molar-refractivity contribution >= 4 is 34.2 Å². The molecule has 1 aromatic rings. The highest BCUT2D eigenvalue weighted by Gasteiger charge is 2.51. The number of fused-ring (bicyclic) bond motifs is 2. The Morgan fingerprint density at radius 3 is 2.56 bits per heavy atom. The van der Waals surface area contributed by atoms with Gasteiger partial charge in [-0.05, 0) is 43.6 Å². The Balaban J connectivity index is 1.83. The zero-order chi connectivity index (χ0) is 18.1. The highest BCUT2D eigenvalue weighted by molar-refractivity contribution is 7.16. The number of aryl methyl sites for hydroxylation is 1. The largest absolute Gasteiger partial charge is 0.550 e. The molecule has 1 aromatic heterocycles. The van der Waals surface area contributed by atoms with E-state index in [4.69, 9.17) is 4.74 Å². The number of aliphatic carboxylic acids is 1. The second-order valence-corrected chi connectivity index (χ2v) is 8.03. The first-order chi connectivity index (χ1) is 12.0. The van der Waals surface area contributed by atoms with Crippen LogP contribution >= 0.6 is 11.3 Å². The summed E-state index contributed by atoms with van der Waals surface area (Å²) in [5.74, 6) is -3.15. The van der Waals surface area contributed by atoms with Crippen LogP contribution in [-0.4, -0.2) is 25.0 Å². The van der Waals surface area contributed by atoms with Gasteiger partial charge in [-0.1, -0.05) is 13.3 Å². The smallest absolute Gasteiger partial charge is 0.340 e. The molecule has 0 unspecified atom stereocenters. The predicted octanol–water partition coefficient (Wildman–Crippen LogP) is 1.84. The molecule has 0 aliphatic heterocycles. The molecule has 1 amide bonds. The van der Waals surface area contributed by atoms with Crippen LogP contribution in [0.15, 0.2) is 6.07 Å². The lowest BCUT2D eigenvalue weighted by Crippen LogP contribution is -2.44. The number of carboxylic acids is 1. The topological polar surface area (TPSA) is 95.5 Å². The number of carboxylic acid groups (broad SMARTS) is 1. The number of methoxy groups -OCH3 is 1. The van der Waals surface area contributed by atoms with Crippen molar-refractivity contribution in [2.24, 2.45) is 23.7 Å². The zero-order valence-corrected chi connectivity index (χ0v) is 15.2. The van der Waals surface area contributed by atoms with Gasteiger partial charge in [-0.2, -0.15) is 0 Å². The number of thiophene rings is 1. The van der Waals surface area contributed by atoms with Crippen molar-refractivity contribution in [1.29, 1.82) is 0 Å². The maximum Gasteiger partial charge on any atom is 0.340 e. The number of ether oxygens (including phenoxy) is 1. The van der Waals surface area contributed by atoms with Crippen molar-refractivity contribution < 1.29 is 24.2 Å². The molecule has 1 heterocycles. The van der Waals surface area contributed by atoms with Crippen LogP contribution in [0.5, 0.6) is 0 Å². The van der Waals surface area contributed by atoms with Crippen molar-refractivity contribution in [3.8, 4) is 0 Å². The lowest BCUT2D eigenvalue weighted by molar-refractivity contribution is -0.314. The third-order valence-corrected chi connectivity index (χ3v) is 6.52. The van der Waals surface area contributed by atoms with Crippen LogP contribution in [0.25, 0.3) is 0 Å².